The van der Waals surface area contributed by atoms with Crippen LogP contribution in [-0.4, -0.2) is 183 Å². The Labute approximate surface area is 462 Å². The molecule has 0 aliphatic heterocycles. The van der Waals surface area contributed by atoms with E-state index in [1.165, 1.54) is 210 Å². The second kappa shape index (κ2) is 17.6. The number of benzene rings is 7. The minimum atomic E-state index is 1.03. The second-order valence-corrected chi connectivity index (χ2v) is 25.3. The molecule has 0 amide bonds. The molecule has 0 saturated heterocycles. The Balaban J connectivity index is 1.18. The summed E-state index contributed by atoms with van der Waals surface area (Å²) in [6.45, 7) is 0. The first-order valence-corrected chi connectivity index (χ1v) is 28.6. The summed E-state index contributed by atoms with van der Waals surface area (Å²) in [4.78, 5) is 10.5. The summed E-state index contributed by atoms with van der Waals surface area (Å²) in [6, 6.07) is 6.92. The molecular weight excluding hydrogens is 915 g/mol. The van der Waals surface area contributed by atoms with Crippen LogP contribution in [0.1, 0.15) is 0 Å². The number of rotatable bonds is 4. The van der Waals surface area contributed by atoms with Crippen molar-refractivity contribution in [2.24, 2.45) is 0 Å². The van der Waals surface area contributed by atoms with Crippen LogP contribution < -0.4 is 120 Å². The average Bonchev–Trinajstić information content (AvgIpc) is 4.09. The molecule has 0 fully saturated rings. The van der Waals surface area contributed by atoms with Gasteiger partial charge in [-0.05, 0) is 60.5 Å². The highest BCUT2D eigenvalue weighted by Gasteiger charge is 2.29. The van der Waals surface area contributed by atoms with Gasteiger partial charge in [0.1, 0.15) is 179 Å². The number of thiophene rings is 3. The smallest absolute Gasteiger partial charge is 0.140 e. The number of nitrogens with zero attached hydrogens (tertiary/aromatic N) is 2. The summed E-state index contributed by atoms with van der Waals surface area (Å²) in [5.74, 6) is 0. The zero-order valence-electron chi connectivity index (χ0n) is 47.4. The average molecular weight is 963 g/mol. The standard InChI is InChI=1S/C46H48B22N2S3/c47-17-7(19(49)29(59)20(50)8(17)10-22(52)31(61)24(54)12-14-26(56)33(63)35(65)37(67)44(14)72-42(10)12)5-2-1-3-6-39-46(71-41(5)6)40(70-4-69-39)16-18(48)9(21(51)30(60)28(16)58)11-23(53)32(62)25(55)13-15-27(57)34(64)36(66)38(68)45(15)73-43(11)13/h1-4H,47-68H2. The highest BCUT2D eigenvalue weighted by molar-refractivity contribution is 7.29. The van der Waals surface area contributed by atoms with Crippen LogP contribution in [0.25, 0.3) is 105 Å². The lowest BCUT2D eigenvalue weighted by Crippen LogP contribution is -2.48. The van der Waals surface area contributed by atoms with Gasteiger partial charge in [-0.3, -0.25) is 0 Å². The molecule has 0 saturated carbocycles. The van der Waals surface area contributed by atoms with Gasteiger partial charge in [0.15, 0.2) is 0 Å². The molecule has 11 aromatic rings. The highest BCUT2D eigenvalue weighted by atomic mass is 32.1. The minimum absolute atomic E-state index is 1.03. The molecule has 4 heterocycles. The van der Waals surface area contributed by atoms with Crippen molar-refractivity contribution < 1.29 is 0 Å². The molecule has 0 unspecified atom stereocenters. The summed E-state index contributed by atoms with van der Waals surface area (Å²) in [6.07, 6.45) is 1.82. The van der Waals surface area contributed by atoms with Crippen LogP contribution in [0, 0.1) is 0 Å². The largest absolute Gasteiger partial charge is 0.235 e. The van der Waals surface area contributed by atoms with Crippen LogP contribution in [0.4, 0.5) is 0 Å². The Hall–Kier alpha value is -4.29. The van der Waals surface area contributed by atoms with Gasteiger partial charge in [-0.25, -0.2) is 9.97 Å². The Morgan fingerprint density at radius 2 is 0.603 bits per heavy atom. The lowest BCUT2D eigenvalue weighted by Gasteiger charge is -2.25. The molecule has 326 valence electrons. The van der Waals surface area contributed by atoms with Gasteiger partial charge in [0.05, 0.1) is 15.9 Å². The summed E-state index contributed by atoms with van der Waals surface area (Å²) < 4.78 is 8.12. The van der Waals surface area contributed by atoms with E-state index in [0.29, 0.717) is 0 Å². The number of aromatic nitrogens is 2. The van der Waals surface area contributed by atoms with Crippen molar-refractivity contribution >= 4 is 387 Å². The lowest BCUT2D eigenvalue weighted by atomic mass is 9.59. The molecule has 27 heteroatoms. The summed E-state index contributed by atoms with van der Waals surface area (Å²) in [5, 5.41) is 6.95. The van der Waals surface area contributed by atoms with E-state index in [2.05, 4.69) is 191 Å². The summed E-state index contributed by atoms with van der Waals surface area (Å²) in [5.41, 5.74) is 41.8. The van der Waals surface area contributed by atoms with Crippen LogP contribution in [0.3, 0.4) is 0 Å². The van der Waals surface area contributed by atoms with Crippen molar-refractivity contribution in [2.45, 2.75) is 0 Å². The van der Waals surface area contributed by atoms with Gasteiger partial charge in [-0.2, -0.15) is 0 Å². The Morgan fingerprint density at radius 1 is 0.260 bits per heavy atom. The number of fused-ring (bicyclic) bond motifs is 9. The van der Waals surface area contributed by atoms with E-state index in [1.54, 1.807) is 0 Å². The Morgan fingerprint density at radius 3 is 1.07 bits per heavy atom. The molecule has 0 N–H and O–H groups in total. The third-order valence-electron chi connectivity index (χ3n) is 19.4. The molecule has 73 heavy (non-hydrogen) atoms. The first kappa shape index (κ1) is 50.8. The van der Waals surface area contributed by atoms with E-state index in [-0.39, 0.29) is 0 Å². The van der Waals surface area contributed by atoms with E-state index in [4.69, 9.17) is 9.97 Å². The van der Waals surface area contributed by atoms with Crippen molar-refractivity contribution in [3.8, 4) is 44.6 Å². The van der Waals surface area contributed by atoms with E-state index in [1.807, 2.05) is 40.3 Å². The lowest BCUT2D eigenvalue weighted by molar-refractivity contribution is 1.24. The predicted molar refractivity (Wildman–Crippen MR) is 402 cm³/mol. The molecule has 2 nitrogen and oxygen atoms in total. The molecule has 0 bridgehead atoms. The Bertz CT molecular complexity index is 4150. The second-order valence-electron chi connectivity index (χ2n) is 22.2. The maximum Gasteiger partial charge on any atom is 0.140 e. The molecule has 0 aliphatic carbocycles. The number of hydrogen-bond donors (Lipinski definition) is 0. The fraction of sp³-hybridized carbons (Fsp3) is 0. The van der Waals surface area contributed by atoms with Gasteiger partial charge in [-0.15, -0.1) is 77.7 Å². The van der Waals surface area contributed by atoms with E-state index in [9.17, 15) is 0 Å². The van der Waals surface area contributed by atoms with Gasteiger partial charge in [0.2, 0.25) is 0 Å². The van der Waals surface area contributed by atoms with E-state index < -0.39 is 0 Å². The van der Waals surface area contributed by atoms with Crippen molar-refractivity contribution in [3.63, 3.8) is 0 Å². The monoisotopic (exact) mass is 967 g/mol. The molecule has 0 aliphatic rings. The van der Waals surface area contributed by atoms with Crippen molar-refractivity contribution in [2.75, 3.05) is 0 Å². The normalized spacial score (nSPS) is 11.9. The van der Waals surface area contributed by atoms with Crippen molar-refractivity contribution in [3.05, 3.63) is 24.5 Å². The molecular formula is C46H48B22N2S3. The van der Waals surface area contributed by atoms with Crippen LogP contribution in [-0.2, 0) is 0 Å². The van der Waals surface area contributed by atoms with Crippen LogP contribution in [0.2, 0.25) is 0 Å². The molecule has 7 aromatic carbocycles. The zero-order chi connectivity index (χ0) is 52.6. The predicted octanol–water partition coefficient (Wildman–Crippen LogP) is -24.1. The molecule has 0 radical (unpaired) electrons. The fourth-order valence-electron chi connectivity index (χ4n) is 13.4. The van der Waals surface area contributed by atoms with E-state index >= 15 is 0 Å². The fourth-order valence-corrected chi connectivity index (χ4v) is 17.9. The third-order valence-corrected chi connectivity index (χ3v) is 23.2. The molecule has 0 spiro atoms. The van der Waals surface area contributed by atoms with Gasteiger partial charge in [0.25, 0.3) is 0 Å². The zero-order valence-corrected chi connectivity index (χ0v) is 49.9. The quantitative estimate of drug-likeness (QED) is 0.164. The highest BCUT2D eigenvalue weighted by Crippen LogP contribution is 2.43. The molecule has 4 aromatic heterocycles. The van der Waals surface area contributed by atoms with Crippen LogP contribution in [0.15, 0.2) is 24.5 Å². The first-order valence-electron chi connectivity index (χ1n) is 26.2. The Kier molecular flexibility index (Phi) is 12.3. The van der Waals surface area contributed by atoms with Crippen molar-refractivity contribution in [1.29, 1.82) is 0 Å². The first-order chi connectivity index (χ1) is 34.5. The maximum atomic E-state index is 5.31. The van der Waals surface area contributed by atoms with Gasteiger partial charge in [-0.1, -0.05) is 94.7 Å². The van der Waals surface area contributed by atoms with Crippen molar-refractivity contribution in [1.82, 2.24) is 9.97 Å². The third kappa shape index (κ3) is 6.78. The number of hydrogen-bond acceptors (Lipinski definition) is 5. The minimum Gasteiger partial charge on any atom is -0.235 e. The van der Waals surface area contributed by atoms with Crippen LogP contribution in [0.5, 0.6) is 0 Å². The van der Waals surface area contributed by atoms with Gasteiger partial charge >= 0.3 is 0 Å². The maximum absolute atomic E-state index is 5.31. The van der Waals surface area contributed by atoms with E-state index in [0.717, 1.165) is 15.9 Å². The van der Waals surface area contributed by atoms with Crippen LogP contribution >= 0.6 is 34.0 Å². The molecule has 0 atom stereocenters. The van der Waals surface area contributed by atoms with Gasteiger partial charge in [0, 0.05) is 28.9 Å². The summed E-state index contributed by atoms with van der Waals surface area (Å²) in [7, 11) is 51.5. The molecule has 11 rings (SSSR count). The van der Waals surface area contributed by atoms with Gasteiger partial charge < -0.3 is 0 Å². The summed E-state index contributed by atoms with van der Waals surface area (Å²) >= 11 is 5.90. The topological polar surface area (TPSA) is 25.8 Å². The SMILES string of the molecule is Bc1c(B)c(-c2cccc3c2sc2c(-c4c(B)c(B)c(B)c(-c5c(B)c(B)c(B)c6c5sc5c(B)c(B)c(B)c(B)c56)c4B)ncnc23)c(B)c(-c2c(B)c(B)c(B)c3c2sc2c(B)c(B)c(B)c(B)c23)c1B.